The molecule has 6 nitrogen and oxygen atoms in total. The number of aryl methyl sites for hydroxylation is 1. The van der Waals surface area contributed by atoms with Gasteiger partial charge in [0.2, 0.25) is 11.8 Å². The van der Waals surface area contributed by atoms with Crippen LogP contribution in [-0.2, 0) is 6.54 Å². The van der Waals surface area contributed by atoms with E-state index in [0.29, 0.717) is 23.3 Å². The van der Waals surface area contributed by atoms with Gasteiger partial charge in [-0.15, -0.1) is 0 Å². The van der Waals surface area contributed by atoms with Gasteiger partial charge in [0.25, 0.3) is 0 Å². The van der Waals surface area contributed by atoms with Crippen molar-refractivity contribution >= 4 is 34.9 Å². The van der Waals surface area contributed by atoms with E-state index in [9.17, 15) is 0 Å². The van der Waals surface area contributed by atoms with Crippen molar-refractivity contribution in [3.8, 4) is 11.6 Å². The number of benzene rings is 1. The molecule has 128 valence electrons. The zero-order valence-electron chi connectivity index (χ0n) is 13.3. The molecule has 0 aliphatic rings. The van der Waals surface area contributed by atoms with Crippen molar-refractivity contribution in [3.63, 3.8) is 0 Å². The SMILES string of the molecule is Cc1ccc(CNC(=S)Nc2nc(Cl)cc(Oc3ccccc3)n2)o1. The predicted octanol–water partition coefficient (Wildman–Crippen LogP) is 4.31. The van der Waals surface area contributed by atoms with Crippen LogP contribution < -0.4 is 15.4 Å². The number of hydrogen-bond acceptors (Lipinski definition) is 5. The minimum Gasteiger partial charge on any atom is -0.465 e. The average Bonchev–Trinajstić information content (AvgIpc) is 2.99. The number of ether oxygens (including phenoxy) is 1. The third-order valence-electron chi connectivity index (χ3n) is 3.08. The molecule has 0 bridgehead atoms. The van der Waals surface area contributed by atoms with Gasteiger partial charge in [0.15, 0.2) is 5.11 Å². The van der Waals surface area contributed by atoms with Crippen LogP contribution in [0.2, 0.25) is 5.15 Å². The van der Waals surface area contributed by atoms with Crippen molar-refractivity contribution in [2.45, 2.75) is 13.5 Å². The minimum absolute atomic E-state index is 0.242. The second kappa shape index (κ2) is 7.96. The molecule has 0 saturated heterocycles. The summed E-state index contributed by atoms with van der Waals surface area (Å²) in [5.74, 6) is 2.83. The molecule has 0 aliphatic carbocycles. The lowest BCUT2D eigenvalue weighted by Gasteiger charge is -2.10. The molecule has 1 aromatic carbocycles. The Morgan fingerprint density at radius 2 is 2.00 bits per heavy atom. The molecule has 2 N–H and O–H groups in total. The zero-order chi connectivity index (χ0) is 17.6. The molecule has 2 heterocycles. The molecule has 3 rings (SSSR count). The van der Waals surface area contributed by atoms with Crippen LogP contribution in [-0.4, -0.2) is 15.1 Å². The van der Waals surface area contributed by atoms with Crippen LogP contribution in [0.15, 0.2) is 52.9 Å². The first-order valence-electron chi connectivity index (χ1n) is 7.46. The number of halogens is 1. The van der Waals surface area contributed by atoms with E-state index in [1.165, 1.54) is 6.07 Å². The van der Waals surface area contributed by atoms with Gasteiger partial charge >= 0.3 is 0 Å². The van der Waals surface area contributed by atoms with Crippen LogP contribution in [0.4, 0.5) is 5.95 Å². The summed E-state index contributed by atoms with van der Waals surface area (Å²) in [4.78, 5) is 8.33. The topological polar surface area (TPSA) is 72.2 Å². The Morgan fingerprint density at radius 3 is 2.72 bits per heavy atom. The molecule has 0 amide bonds. The third-order valence-corrected chi connectivity index (χ3v) is 3.52. The van der Waals surface area contributed by atoms with E-state index in [-0.39, 0.29) is 11.1 Å². The van der Waals surface area contributed by atoms with Crippen molar-refractivity contribution in [2.75, 3.05) is 5.32 Å². The summed E-state index contributed by atoms with van der Waals surface area (Å²) in [5.41, 5.74) is 0. The lowest BCUT2D eigenvalue weighted by atomic mass is 10.3. The van der Waals surface area contributed by atoms with Crippen molar-refractivity contribution in [1.29, 1.82) is 0 Å². The maximum atomic E-state index is 6.03. The van der Waals surface area contributed by atoms with E-state index < -0.39 is 0 Å². The van der Waals surface area contributed by atoms with Crippen LogP contribution in [0.3, 0.4) is 0 Å². The van der Waals surface area contributed by atoms with Gasteiger partial charge < -0.3 is 19.8 Å². The molecule has 25 heavy (non-hydrogen) atoms. The number of thiocarbonyl (C=S) groups is 1. The fraction of sp³-hybridized carbons (Fsp3) is 0.118. The zero-order valence-corrected chi connectivity index (χ0v) is 14.9. The van der Waals surface area contributed by atoms with Gasteiger partial charge in [-0.05, 0) is 43.4 Å². The van der Waals surface area contributed by atoms with Crippen LogP contribution in [0.5, 0.6) is 11.6 Å². The van der Waals surface area contributed by atoms with E-state index in [4.69, 9.17) is 33.0 Å². The van der Waals surface area contributed by atoms with Crippen molar-refractivity contribution in [1.82, 2.24) is 15.3 Å². The van der Waals surface area contributed by atoms with Crippen LogP contribution >= 0.6 is 23.8 Å². The lowest BCUT2D eigenvalue weighted by Crippen LogP contribution is -2.28. The second-order valence-electron chi connectivity index (χ2n) is 5.09. The Balaban J connectivity index is 1.62. The summed E-state index contributed by atoms with van der Waals surface area (Å²) < 4.78 is 11.1. The van der Waals surface area contributed by atoms with Crippen LogP contribution in [0, 0.1) is 6.92 Å². The molecule has 0 fully saturated rings. The second-order valence-corrected chi connectivity index (χ2v) is 5.88. The molecule has 0 radical (unpaired) electrons. The van der Waals surface area contributed by atoms with Gasteiger partial charge in [0, 0.05) is 6.07 Å². The predicted molar refractivity (Wildman–Crippen MR) is 100 cm³/mol. The lowest BCUT2D eigenvalue weighted by molar-refractivity contribution is 0.462. The first-order valence-corrected chi connectivity index (χ1v) is 8.25. The number of anilines is 1. The standard InChI is InChI=1S/C17H15ClN4O2S/c1-11-7-8-13(23-11)10-19-17(25)22-16-20-14(18)9-15(21-16)24-12-5-3-2-4-6-12/h2-9H,10H2,1H3,(H2,19,20,21,22,25). The molecular weight excluding hydrogens is 360 g/mol. The highest BCUT2D eigenvalue weighted by molar-refractivity contribution is 7.80. The van der Waals surface area contributed by atoms with Crippen LogP contribution in [0.25, 0.3) is 0 Å². The van der Waals surface area contributed by atoms with Crippen LogP contribution in [0.1, 0.15) is 11.5 Å². The van der Waals surface area contributed by atoms with Crippen molar-refractivity contribution in [3.05, 3.63) is 65.2 Å². The largest absolute Gasteiger partial charge is 0.465 e. The monoisotopic (exact) mass is 374 g/mol. The molecule has 2 aromatic heterocycles. The van der Waals surface area contributed by atoms with E-state index in [2.05, 4.69) is 20.6 Å². The number of hydrogen-bond donors (Lipinski definition) is 2. The van der Waals surface area contributed by atoms with Gasteiger partial charge in [-0.3, -0.25) is 0 Å². The van der Waals surface area contributed by atoms with Crippen molar-refractivity contribution in [2.24, 2.45) is 0 Å². The maximum Gasteiger partial charge on any atom is 0.233 e. The summed E-state index contributed by atoms with van der Waals surface area (Å²) in [7, 11) is 0. The summed E-state index contributed by atoms with van der Waals surface area (Å²) in [6.45, 7) is 2.34. The minimum atomic E-state index is 0.242. The highest BCUT2D eigenvalue weighted by Gasteiger charge is 2.08. The van der Waals surface area contributed by atoms with Gasteiger partial charge in [-0.2, -0.15) is 4.98 Å². The number of aromatic nitrogens is 2. The molecule has 0 spiro atoms. The molecule has 3 aromatic rings. The Hall–Kier alpha value is -2.64. The third kappa shape index (κ3) is 5.17. The van der Waals surface area contributed by atoms with E-state index in [1.54, 1.807) is 0 Å². The molecule has 8 heteroatoms. The maximum absolute atomic E-state index is 6.03. The van der Waals surface area contributed by atoms with Gasteiger partial charge in [0.1, 0.15) is 22.4 Å². The van der Waals surface area contributed by atoms with E-state index >= 15 is 0 Å². The fourth-order valence-electron chi connectivity index (χ4n) is 2.01. The highest BCUT2D eigenvalue weighted by atomic mass is 35.5. The quantitative estimate of drug-likeness (QED) is 0.509. The van der Waals surface area contributed by atoms with Gasteiger partial charge in [-0.25, -0.2) is 4.98 Å². The molecule has 0 aliphatic heterocycles. The first-order chi connectivity index (χ1) is 12.1. The summed E-state index contributed by atoms with van der Waals surface area (Å²) in [5, 5.41) is 6.48. The Bertz CT molecular complexity index is 870. The highest BCUT2D eigenvalue weighted by Crippen LogP contribution is 2.22. The summed E-state index contributed by atoms with van der Waals surface area (Å²) in [6, 6.07) is 14.6. The number of para-hydroxylation sites is 1. The van der Waals surface area contributed by atoms with Gasteiger partial charge in [0.05, 0.1) is 6.54 Å². The Kier molecular flexibility index (Phi) is 5.47. The number of rotatable bonds is 5. The molecule has 0 saturated carbocycles. The molecular formula is C17H15ClN4O2S. The smallest absolute Gasteiger partial charge is 0.233 e. The Morgan fingerprint density at radius 1 is 1.20 bits per heavy atom. The fourth-order valence-corrected chi connectivity index (χ4v) is 2.34. The van der Waals surface area contributed by atoms with Gasteiger partial charge in [-0.1, -0.05) is 29.8 Å². The average molecular weight is 375 g/mol. The summed E-state index contributed by atoms with van der Waals surface area (Å²) in [6.07, 6.45) is 0. The first kappa shape index (κ1) is 17.2. The number of nitrogens with zero attached hydrogens (tertiary/aromatic N) is 2. The summed E-state index contributed by atoms with van der Waals surface area (Å²) >= 11 is 11.3. The number of nitrogens with one attached hydrogen (secondary N) is 2. The Labute approximate surface area is 155 Å². The van der Waals surface area contributed by atoms with E-state index in [1.807, 2.05) is 49.4 Å². The van der Waals surface area contributed by atoms with Crippen molar-refractivity contribution < 1.29 is 9.15 Å². The molecule has 0 atom stereocenters. The molecule has 0 unspecified atom stereocenters. The van der Waals surface area contributed by atoms with E-state index in [0.717, 1.165) is 11.5 Å². The normalized spacial score (nSPS) is 10.3. The number of furan rings is 1.